The molecule has 0 aliphatic rings. The third-order valence-corrected chi connectivity index (χ3v) is 3.41. The van der Waals surface area contributed by atoms with Gasteiger partial charge in [0.1, 0.15) is 5.82 Å². The van der Waals surface area contributed by atoms with Crippen molar-refractivity contribution in [2.24, 2.45) is 0 Å². The average Bonchev–Trinajstić information content (AvgIpc) is 2.83. The topological polar surface area (TPSA) is 57.0 Å². The Morgan fingerprint density at radius 2 is 2.05 bits per heavy atom. The maximum Gasteiger partial charge on any atom is 0.339 e. The number of carbonyl (C=O) groups is 1. The van der Waals surface area contributed by atoms with Gasteiger partial charge in [-0.15, -0.1) is 0 Å². The Labute approximate surface area is 122 Å². The molecule has 106 valence electrons. The highest BCUT2D eigenvalue weighted by Crippen LogP contribution is 2.16. The van der Waals surface area contributed by atoms with Crippen LogP contribution in [0.2, 0.25) is 0 Å². The highest BCUT2D eigenvalue weighted by Gasteiger charge is 2.09. The van der Waals surface area contributed by atoms with Crippen LogP contribution in [-0.2, 0) is 11.3 Å². The maximum atomic E-state index is 11.4. The number of para-hydroxylation sites is 2. The molecule has 3 rings (SSSR count). The fourth-order valence-corrected chi connectivity index (χ4v) is 2.31. The minimum atomic E-state index is -0.377. The number of methoxy groups -OCH3 is 1. The van der Waals surface area contributed by atoms with E-state index >= 15 is 0 Å². The molecule has 0 saturated heterocycles. The summed E-state index contributed by atoms with van der Waals surface area (Å²) in [6.45, 7) is 2.59. The molecule has 0 atom stereocenters. The molecule has 21 heavy (non-hydrogen) atoms. The second kappa shape index (κ2) is 5.36. The van der Waals surface area contributed by atoms with Gasteiger partial charge in [0.15, 0.2) is 0 Å². The first-order chi connectivity index (χ1) is 10.2. The number of benzene rings is 1. The van der Waals surface area contributed by atoms with E-state index in [9.17, 15) is 4.79 Å². The van der Waals surface area contributed by atoms with E-state index in [1.807, 2.05) is 37.3 Å². The first-order valence-corrected chi connectivity index (χ1v) is 6.64. The number of aromatic nitrogens is 3. The maximum absolute atomic E-state index is 11.4. The van der Waals surface area contributed by atoms with E-state index in [1.54, 1.807) is 6.07 Å². The van der Waals surface area contributed by atoms with Crippen LogP contribution in [0.25, 0.3) is 11.0 Å². The van der Waals surface area contributed by atoms with E-state index in [1.165, 1.54) is 13.3 Å². The first kappa shape index (κ1) is 13.3. The van der Waals surface area contributed by atoms with Crippen LogP contribution in [0.1, 0.15) is 21.9 Å². The predicted octanol–water partition coefficient (Wildman–Crippen LogP) is 2.57. The summed E-state index contributed by atoms with van der Waals surface area (Å²) in [4.78, 5) is 20.2. The molecule has 2 aromatic heterocycles. The SMILES string of the molecule is COC(=O)c1ccc(Cn2c(C)nc3ccccc32)nc1. The molecule has 0 aliphatic carbocycles. The molecule has 0 amide bonds. The second-order valence-electron chi connectivity index (χ2n) is 4.76. The van der Waals surface area contributed by atoms with Gasteiger partial charge >= 0.3 is 5.97 Å². The molecule has 2 heterocycles. The summed E-state index contributed by atoms with van der Waals surface area (Å²) < 4.78 is 6.77. The molecule has 0 fully saturated rings. The number of fused-ring (bicyclic) bond motifs is 1. The van der Waals surface area contributed by atoms with Gasteiger partial charge in [-0.1, -0.05) is 12.1 Å². The molecule has 5 heteroatoms. The Balaban J connectivity index is 1.92. The Hall–Kier alpha value is -2.69. The number of rotatable bonds is 3. The number of hydrogen-bond acceptors (Lipinski definition) is 4. The van der Waals surface area contributed by atoms with Crippen LogP contribution in [0.4, 0.5) is 0 Å². The number of esters is 1. The monoisotopic (exact) mass is 281 g/mol. The smallest absolute Gasteiger partial charge is 0.339 e. The molecule has 0 N–H and O–H groups in total. The summed E-state index contributed by atoms with van der Waals surface area (Å²) in [6.07, 6.45) is 1.54. The van der Waals surface area contributed by atoms with Crippen molar-refractivity contribution in [3.63, 3.8) is 0 Å². The van der Waals surface area contributed by atoms with E-state index < -0.39 is 0 Å². The highest BCUT2D eigenvalue weighted by atomic mass is 16.5. The van der Waals surface area contributed by atoms with Crippen LogP contribution >= 0.6 is 0 Å². The predicted molar refractivity (Wildman–Crippen MR) is 79.1 cm³/mol. The summed E-state index contributed by atoms with van der Waals surface area (Å²) in [6, 6.07) is 11.6. The Morgan fingerprint density at radius 1 is 1.24 bits per heavy atom. The van der Waals surface area contributed by atoms with Gasteiger partial charge in [0, 0.05) is 6.20 Å². The number of pyridine rings is 1. The average molecular weight is 281 g/mol. The molecule has 0 radical (unpaired) electrons. The quantitative estimate of drug-likeness (QED) is 0.692. The lowest BCUT2D eigenvalue weighted by molar-refractivity contribution is 0.0600. The Morgan fingerprint density at radius 3 is 2.76 bits per heavy atom. The molecule has 0 bridgehead atoms. The van der Waals surface area contributed by atoms with Gasteiger partial charge in [0.2, 0.25) is 0 Å². The van der Waals surface area contributed by atoms with Gasteiger partial charge in [-0.3, -0.25) is 4.98 Å². The fraction of sp³-hybridized carbons (Fsp3) is 0.188. The highest BCUT2D eigenvalue weighted by molar-refractivity contribution is 5.88. The third kappa shape index (κ3) is 2.50. The third-order valence-electron chi connectivity index (χ3n) is 3.41. The number of ether oxygens (including phenoxy) is 1. The van der Waals surface area contributed by atoms with Gasteiger partial charge in [-0.25, -0.2) is 9.78 Å². The van der Waals surface area contributed by atoms with Crippen LogP contribution in [0, 0.1) is 6.92 Å². The van der Waals surface area contributed by atoms with Gasteiger partial charge in [-0.2, -0.15) is 0 Å². The molecule has 5 nitrogen and oxygen atoms in total. The summed E-state index contributed by atoms with van der Waals surface area (Å²) in [7, 11) is 1.36. The first-order valence-electron chi connectivity index (χ1n) is 6.64. The van der Waals surface area contributed by atoms with E-state index in [4.69, 9.17) is 0 Å². The lowest BCUT2D eigenvalue weighted by atomic mass is 10.2. The lowest BCUT2D eigenvalue weighted by Crippen LogP contribution is -2.06. The normalized spacial score (nSPS) is 10.8. The zero-order valence-corrected chi connectivity index (χ0v) is 11.9. The van der Waals surface area contributed by atoms with Crippen molar-refractivity contribution < 1.29 is 9.53 Å². The molecular weight excluding hydrogens is 266 g/mol. The van der Waals surface area contributed by atoms with E-state index in [0.717, 1.165) is 22.6 Å². The number of carbonyl (C=O) groups excluding carboxylic acids is 1. The Kier molecular flexibility index (Phi) is 3.39. The summed E-state index contributed by atoms with van der Waals surface area (Å²) in [5.41, 5.74) is 3.37. The number of hydrogen-bond donors (Lipinski definition) is 0. The zero-order valence-electron chi connectivity index (χ0n) is 11.9. The van der Waals surface area contributed by atoms with Gasteiger partial charge in [0.25, 0.3) is 0 Å². The van der Waals surface area contributed by atoms with Crippen molar-refractivity contribution in [1.82, 2.24) is 14.5 Å². The van der Waals surface area contributed by atoms with Crippen LogP contribution in [-0.4, -0.2) is 27.6 Å². The standard InChI is InChI=1S/C16H15N3O2/c1-11-18-14-5-3-4-6-15(14)19(11)10-13-8-7-12(9-17-13)16(20)21-2/h3-9H,10H2,1-2H3. The molecule has 0 spiro atoms. The van der Waals surface area contributed by atoms with Gasteiger partial charge in [0.05, 0.1) is 35.9 Å². The van der Waals surface area contributed by atoms with Crippen LogP contribution in [0.3, 0.4) is 0 Å². The fourth-order valence-electron chi connectivity index (χ4n) is 2.31. The summed E-state index contributed by atoms with van der Waals surface area (Å²) in [5.74, 6) is 0.563. The van der Waals surface area contributed by atoms with Crippen LogP contribution in [0.5, 0.6) is 0 Å². The largest absolute Gasteiger partial charge is 0.465 e. The number of nitrogens with zero attached hydrogens (tertiary/aromatic N) is 3. The molecular formula is C16H15N3O2. The van der Waals surface area contributed by atoms with Crippen molar-refractivity contribution in [1.29, 1.82) is 0 Å². The van der Waals surface area contributed by atoms with E-state index in [-0.39, 0.29) is 5.97 Å². The summed E-state index contributed by atoms with van der Waals surface area (Å²) >= 11 is 0. The Bertz CT molecular complexity index is 791. The minimum Gasteiger partial charge on any atom is -0.465 e. The van der Waals surface area contributed by atoms with Crippen molar-refractivity contribution >= 4 is 17.0 Å². The minimum absolute atomic E-state index is 0.377. The second-order valence-corrected chi connectivity index (χ2v) is 4.76. The van der Waals surface area contributed by atoms with E-state index in [0.29, 0.717) is 12.1 Å². The van der Waals surface area contributed by atoms with Gasteiger partial charge in [-0.05, 0) is 31.2 Å². The lowest BCUT2D eigenvalue weighted by Gasteiger charge is -2.07. The zero-order chi connectivity index (χ0) is 14.8. The van der Waals surface area contributed by atoms with Gasteiger partial charge < -0.3 is 9.30 Å². The number of aryl methyl sites for hydroxylation is 1. The molecule has 0 aliphatic heterocycles. The van der Waals surface area contributed by atoms with Crippen molar-refractivity contribution in [2.75, 3.05) is 7.11 Å². The van der Waals surface area contributed by atoms with Crippen molar-refractivity contribution in [2.45, 2.75) is 13.5 Å². The molecule has 3 aromatic rings. The van der Waals surface area contributed by atoms with Crippen LogP contribution < -0.4 is 0 Å². The summed E-state index contributed by atoms with van der Waals surface area (Å²) in [5, 5.41) is 0. The number of imidazole rings is 1. The van der Waals surface area contributed by atoms with Crippen LogP contribution in [0.15, 0.2) is 42.6 Å². The molecule has 1 aromatic carbocycles. The van der Waals surface area contributed by atoms with Crippen molar-refractivity contribution in [3.05, 3.63) is 59.7 Å². The van der Waals surface area contributed by atoms with Crippen molar-refractivity contribution in [3.8, 4) is 0 Å². The molecule has 0 unspecified atom stereocenters. The molecule has 0 saturated carbocycles. The van der Waals surface area contributed by atoms with E-state index in [2.05, 4.69) is 19.3 Å².